The molecule has 0 saturated carbocycles. The summed E-state index contributed by atoms with van der Waals surface area (Å²) in [5.41, 5.74) is 3.88. The molecule has 4 aromatic rings. The molecule has 1 amide bonds. The van der Waals surface area contributed by atoms with Crippen molar-refractivity contribution in [2.75, 3.05) is 20.4 Å². The van der Waals surface area contributed by atoms with Gasteiger partial charge in [0.1, 0.15) is 5.75 Å². The Labute approximate surface area is 212 Å². The van der Waals surface area contributed by atoms with Gasteiger partial charge in [0.25, 0.3) is 5.91 Å². The van der Waals surface area contributed by atoms with E-state index in [1.54, 1.807) is 12.0 Å². The van der Waals surface area contributed by atoms with Gasteiger partial charge in [-0.15, -0.1) is 0 Å². The molecule has 0 radical (unpaired) electrons. The van der Waals surface area contributed by atoms with E-state index in [0.717, 1.165) is 22.5 Å². The Morgan fingerprint density at radius 1 is 1.08 bits per heavy atom. The largest absolute Gasteiger partial charge is 0.497 e. The number of H-pyrrole nitrogens is 1. The number of nitrogens with one attached hydrogen (secondary N) is 1. The van der Waals surface area contributed by atoms with Crippen LogP contribution in [0.1, 0.15) is 11.1 Å². The summed E-state index contributed by atoms with van der Waals surface area (Å²) >= 11 is 1.38. The van der Waals surface area contributed by atoms with Crippen molar-refractivity contribution in [1.29, 1.82) is 0 Å². The summed E-state index contributed by atoms with van der Waals surface area (Å²) in [6.45, 7) is 0.727. The molecule has 0 atom stereocenters. The number of carbonyl (C=O) groups excluding carboxylic acids is 1. The summed E-state index contributed by atoms with van der Waals surface area (Å²) in [7, 11) is 1.63. The average Bonchev–Trinajstić information content (AvgIpc) is 3.61. The van der Waals surface area contributed by atoms with Gasteiger partial charge in [0.05, 0.1) is 17.7 Å². The third-order valence-corrected chi connectivity index (χ3v) is 7.17. The second-order valence-corrected chi connectivity index (χ2v) is 9.39. The molecule has 2 aliphatic heterocycles. The zero-order chi connectivity index (χ0) is 24.5. The standard InChI is InChI=1S/C28H23N3O4S/c1-33-21-9-7-20(8-10-21)30-28-31(13-12-19-16-29-23-5-3-2-4-22(19)23)27(32)26(36-28)15-18-6-11-24-25(14-18)35-17-34-24/h2-11,14-16,29H,12-13,17H2,1H3/b26-15-,30-28?. The van der Waals surface area contributed by atoms with Gasteiger partial charge in [0.2, 0.25) is 6.79 Å². The second-order valence-electron chi connectivity index (χ2n) is 8.38. The number of aromatic amines is 1. The van der Waals surface area contributed by atoms with Crippen LogP contribution in [-0.2, 0) is 11.2 Å². The number of rotatable bonds is 6. The van der Waals surface area contributed by atoms with Gasteiger partial charge < -0.3 is 19.2 Å². The molecule has 2 aliphatic rings. The van der Waals surface area contributed by atoms with Gasteiger partial charge in [-0.2, -0.15) is 0 Å². The lowest BCUT2D eigenvalue weighted by Crippen LogP contribution is -2.31. The molecule has 6 rings (SSSR count). The fourth-order valence-corrected chi connectivity index (χ4v) is 5.31. The van der Waals surface area contributed by atoms with Crippen LogP contribution in [0.2, 0.25) is 0 Å². The van der Waals surface area contributed by atoms with E-state index in [9.17, 15) is 4.79 Å². The van der Waals surface area contributed by atoms with E-state index in [1.165, 1.54) is 22.7 Å². The zero-order valence-corrected chi connectivity index (χ0v) is 20.4. The maximum atomic E-state index is 13.5. The first kappa shape index (κ1) is 22.3. The maximum absolute atomic E-state index is 13.5. The van der Waals surface area contributed by atoms with E-state index in [-0.39, 0.29) is 12.7 Å². The molecule has 3 aromatic carbocycles. The van der Waals surface area contributed by atoms with E-state index >= 15 is 0 Å². The predicted molar refractivity (Wildman–Crippen MR) is 142 cm³/mol. The number of ether oxygens (including phenoxy) is 3. The molecule has 36 heavy (non-hydrogen) atoms. The Kier molecular flexibility index (Phi) is 5.87. The Bertz CT molecular complexity index is 1510. The molecule has 1 aromatic heterocycles. The number of fused-ring (bicyclic) bond motifs is 2. The zero-order valence-electron chi connectivity index (χ0n) is 19.6. The lowest BCUT2D eigenvalue weighted by atomic mass is 10.1. The van der Waals surface area contributed by atoms with Crippen LogP contribution in [0.3, 0.4) is 0 Å². The minimum atomic E-state index is -0.0650. The number of nitrogens with zero attached hydrogens (tertiary/aromatic N) is 2. The van der Waals surface area contributed by atoms with Crippen molar-refractivity contribution in [3.8, 4) is 17.2 Å². The van der Waals surface area contributed by atoms with Gasteiger partial charge >= 0.3 is 0 Å². The first-order valence-corrected chi connectivity index (χ1v) is 12.4. The molecular weight excluding hydrogens is 474 g/mol. The molecule has 1 N–H and O–H groups in total. The van der Waals surface area contributed by atoms with Gasteiger partial charge in [0, 0.05) is 23.6 Å². The highest BCUT2D eigenvalue weighted by Gasteiger charge is 2.33. The summed E-state index contributed by atoms with van der Waals surface area (Å²) in [5.74, 6) is 2.09. The molecule has 1 saturated heterocycles. The van der Waals surface area contributed by atoms with Gasteiger partial charge in [-0.25, -0.2) is 4.99 Å². The monoisotopic (exact) mass is 497 g/mol. The number of para-hydroxylation sites is 1. The molecule has 0 bridgehead atoms. The van der Waals surface area contributed by atoms with Crippen LogP contribution >= 0.6 is 11.8 Å². The Balaban J connectivity index is 1.31. The number of methoxy groups -OCH3 is 1. The second kappa shape index (κ2) is 9.47. The van der Waals surface area contributed by atoms with E-state index in [1.807, 2.05) is 66.9 Å². The lowest BCUT2D eigenvalue weighted by Gasteiger charge is -2.15. The first-order valence-electron chi connectivity index (χ1n) is 11.6. The van der Waals surface area contributed by atoms with Crippen LogP contribution in [0.25, 0.3) is 17.0 Å². The highest BCUT2D eigenvalue weighted by atomic mass is 32.2. The smallest absolute Gasteiger partial charge is 0.266 e. The number of carbonyl (C=O) groups is 1. The molecule has 0 unspecified atom stereocenters. The van der Waals surface area contributed by atoms with E-state index in [0.29, 0.717) is 34.5 Å². The van der Waals surface area contributed by atoms with Gasteiger partial charge in [-0.3, -0.25) is 9.69 Å². The summed E-state index contributed by atoms with van der Waals surface area (Å²) < 4.78 is 16.2. The number of benzene rings is 3. The van der Waals surface area contributed by atoms with Crippen LogP contribution in [-0.4, -0.2) is 41.4 Å². The molecule has 3 heterocycles. The molecule has 0 aliphatic carbocycles. The van der Waals surface area contributed by atoms with Crippen molar-refractivity contribution in [2.24, 2.45) is 4.99 Å². The number of hydrogen-bond acceptors (Lipinski definition) is 6. The SMILES string of the molecule is COc1ccc(N=C2S/C(=C\c3ccc4c(c3)OCO4)C(=O)N2CCc2c[nH]c3ccccc23)cc1. The normalized spacial score (nSPS) is 17.0. The topological polar surface area (TPSA) is 76.2 Å². The third-order valence-electron chi connectivity index (χ3n) is 6.16. The van der Waals surface area contributed by atoms with E-state index in [2.05, 4.69) is 17.1 Å². The summed E-state index contributed by atoms with van der Waals surface area (Å²) in [6.07, 6.45) is 4.60. The fourth-order valence-electron chi connectivity index (χ4n) is 4.28. The van der Waals surface area contributed by atoms with Crippen LogP contribution in [0, 0.1) is 0 Å². The van der Waals surface area contributed by atoms with Crippen LogP contribution in [0.5, 0.6) is 17.2 Å². The van der Waals surface area contributed by atoms with E-state index < -0.39 is 0 Å². The molecule has 0 spiro atoms. The molecule has 7 nitrogen and oxygen atoms in total. The number of amides is 1. The van der Waals surface area contributed by atoms with E-state index in [4.69, 9.17) is 19.2 Å². The van der Waals surface area contributed by atoms with Gasteiger partial charge in [-0.05, 0) is 77.9 Å². The quantitative estimate of drug-likeness (QED) is 0.343. The Hall–Kier alpha value is -4.17. The minimum absolute atomic E-state index is 0.0650. The Morgan fingerprint density at radius 3 is 2.78 bits per heavy atom. The minimum Gasteiger partial charge on any atom is -0.497 e. The van der Waals surface area contributed by atoms with Gasteiger partial charge in [0.15, 0.2) is 16.7 Å². The highest BCUT2D eigenvalue weighted by Crippen LogP contribution is 2.37. The highest BCUT2D eigenvalue weighted by molar-refractivity contribution is 8.18. The molecular formula is C28H23N3O4S. The summed E-state index contributed by atoms with van der Waals surface area (Å²) in [6, 6.07) is 21.3. The van der Waals surface area contributed by atoms with Crippen molar-refractivity contribution in [2.45, 2.75) is 6.42 Å². The number of thioether (sulfide) groups is 1. The average molecular weight is 498 g/mol. The van der Waals surface area contributed by atoms with Crippen LogP contribution < -0.4 is 14.2 Å². The number of hydrogen-bond donors (Lipinski definition) is 1. The Morgan fingerprint density at radius 2 is 1.92 bits per heavy atom. The first-order chi connectivity index (χ1) is 17.7. The number of amidine groups is 1. The van der Waals surface area contributed by atoms with Crippen molar-refractivity contribution in [1.82, 2.24) is 9.88 Å². The summed E-state index contributed by atoms with van der Waals surface area (Å²) in [5, 5.41) is 1.82. The predicted octanol–water partition coefficient (Wildman–Crippen LogP) is 5.75. The molecule has 1 fully saturated rings. The summed E-state index contributed by atoms with van der Waals surface area (Å²) in [4.78, 5) is 24.0. The van der Waals surface area contributed by atoms with Crippen molar-refractivity contribution in [3.63, 3.8) is 0 Å². The van der Waals surface area contributed by atoms with Gasteiger partial charge in [-0.1, -0.05) is 24.3 Å². The van der Waals surface area contributed by atoms with Crippen molar-refractivity contribution < 1.29 is 19.0 Å². The third kappa shape index (κ3) is 4.31. The maximum Gasteiger partial charge on any atom is 0.266 e. The fraction of sp³-hybridized carbons (Fsp3) is 0.143. The number of aromatic nitrogens is 1. The van der Waals surface area contributed by atoms with Crippen molar-refractivity contribution in [3.05, 3.63) is 89.0 Å². The molecule has 180 valence electrons. The van der Waals surface area contributed by atoms with Crippen molar-refractivity contribution >= 4 is 45.5 Å². The molecule has 8 heteroatoms. The lowest BCUT2D eigenvalue weighted by molar-refractivity contribution is -0.122. The van der Waals surface area contributed by atoms with Crippen LogP contribution in [0.15, 0.2) is 82.8 Å². The number of aliphatic imine (C=N–C) groups is 1. The van der Waals surface area contributed by atoms with Crippen LogP contribution in [0.4, 0.5) is 5.69 Å².